The van der Waals surface area contributed by atoms with Crippen molar-refractivity contribution in [3.05, 3.63) is 0 Å². The molecule has 0 aliphatic carbocycles. The quantitative estimate of drug-likeness (QED) is 0.742. The van der Waals surface area contributed by atoms with Gasteiger partial charge in [-0.1, -0.05) is 0 Å². The average molecular weight is 221 g/mol. The third-order valence-corrected chi connectivity index (χ3v) is 4.34. The van der Waals surface area contributed by atoms with Crippen LogP contribution in [0.2, 0.25) is 0 Å². The molecule has 5 nitrogen and oxygen atoms in total. The van der Waals surface area contributed by atoms with Gasteiger partial charge in [-0.15, -0.1) is 0 Å². The minimum atomic E-state index is -3.36. The summed E-state index contributed by atoms with van der Waals surface area (Å²) >= 11 is 0. The number of piperidine rings is 1. The van der Waals surface area contributed by atoms with Crippen LogP contribution in [0.3, 0.4) is 0 Å². The van der Waals surface area contributed by atoms with Crippen LogP contribution in [0.1, 0.15) is 26.2 Å². The van der Waals surface area contributed by atoms with E-state index < -0.39 is 22.0 Å². The summed E-state index contributed by atoms with van der Waals surface area (Å²) in [6, 6.07) is -0.853. The van der Waals surface area contributed by atoms with Crippen molar-refractivity contribution >= 4 is 16.0 Å². The first-order valence-electron chi connectivity index (χ1n) is 4.71. The molecule has 1 aliphatic heterocycles. The maximum absolute atomic E-state index is 11.5. The van der Waals surface area contributed by atoms with Crippen LogP contribution in [0.4, 0.5) is 0 Å². The topological polar surface area (TPSA) is 74.7 Å². The second kappa shape index (κ2) is 4.27. The monoisotopic (exact) mass is 221 g/mol. The molecule has 0 radical (unpaired) electrons. The minimum Gasteiger partial charge on any atom is -0.480 e. The van der Waals surface area contributed by atoms with Gasteiger partial charge >= 0.3 is 5.97 Å². The van der Waals surface area contributed by atoms with Crippen molar-refractivity contribution in [2.75, 3.05) is 12.3 Å². The van der Waals surface area contributed by atoms with E-state index in [0.717, 1.165) is 17.1 Å². The van der Waals surface area contributed by atoms with E-state index in [9.17, 15) is 13.2 Å². The first-order chi connectivity index (χ1) is 6.49. The zero-order valence-corrected chi connectivity index (χ0v) is 8.96. The standard InChI is InChI=1S/C8H15NO4S/c1-2-14(12,13)9-6-4-3-5-7(9)8(10)11/h7H,2-6H2,1H3,(H,10,11)/t7-/m1/s1. The summed E-state index contributed by atoms with van der Waals surface area (Å²) in [7, 11) is -3.36. The lowest BCUT2D eigenvalue weighted by atomic mass is 10.1. The molecule has 1 heterocycles. The summed E-state index contributed by atoms with van der Waals surface area (Å²) in [6.07, 6.45) is 1.96. The van der Waals surface area contributed by atoms with Crippen LogP contribution in [0.25, 0.3) is 0 Å². The highest BCUT2D eigenvalue weighted by Crippen LogP contribution is 2.20. The number of hydrogen-bond donors (Lipinski definition) is 1. The van der Waals surface area contributed by atoms with E-state index in [-0.39, 0.29) is 5.75 Å². The number of rotatable bonds is 3. The molecule has 14 heavy (non-hydrogen) atoms. The molecule has 0 spiro atoms. The molecule has 1 aliphatic rings. The lowest BCUT2D eigenvalue weighted by molar-refractivity contribution is -0.142. The van der Waals surface area contributed by atoms with E-state index >= 15 is 0 Å². The smallest absolute Gasteiger partial charge is 0.322 e. The molecule has 0 saturated carbocycles. The van der Waals surface area contributed by atoms with Gasteiger partial charge in [0.05, 0.1) is 5.75 Å². The third-order valence-electron chi connectivity index (χ3n) is 2.46. The van der Waals surface area contributed by atoms with Crippen molar-refractivity contribution in [3.8, 4) is 0 Å². The average Bonchev–Trinajstić information content (AvgIpc) is 2.18. The molecule has 0 aromatic heterocycles. The number of nitrogens with zero attached hydrogens (tertiary/aromatic N) is 1. The van der Waals surface area contributed by atoms with Crippen LogP contribution >= 0.6 is 0 Å². The van der Waals surface area contributed by atoms with E-state index in [0.29, 0.717) is 13.0 Å². The summed E-state index contributed by atoms with van der Waals surface area (Å²) in [5.41, 5.74) is 0. The molecule has 1 fully saturated rings. The van der Waals surface area contributed by atoms with E-state index in [1.165, 1.54) is 6.92 Å². The van der Waals surface area contributed by atoms with Crippen molar-refractivity contribution < 1.29 is 18.3 Å². The molecule has 1 rings (SSSR count). The SMILES string of the molecule is CCS(=O)(=O)N1CCCC[C@@H]1C(=O)O. The Bertz CT molecular complexity index is 311. The molecule has 82 valence electrons. The predicted octanol–water partition coefficient (Wildman–Crippen LogP) is 0.275. The lowest BCUT2D eigenvalue weighted by Crippen LogP contribution is -2.48. The fourth-order valence-electron chi connectivity index (χ4n) is 1.65. The molecular weight excluding hydrogens is 206 g/mol. The maximum atomic E-state index is 11.5. The number of hydrogen-bond acceptors (Lipinski definition) is 3. The maximum Gasteiger partial charge on any atom is 0.322 e. The van der Waals surface area contributed by atoms with Crippen molar-refractivity contribution in [2.24, 2.45) is 0 Å². The normalized spacial score (nSPS) is 24.8. The van der Waals surface area contributed by atoms with Crippen molar-refractivity contribution in [1.29, 1.82) is 0 Å². The largest absolute Gasteiger partial charge is 0.480 e. The van der Waals surface area contributed by atoms with Crippen molar-refractivity contribution in [2.45, 2.75) is 32.2 Å². The van der Waals surface area contributed by atoms with Gasteiger partial charge in [0.15, 0.2) is 0 Å². The lowest BCUT2D eigenvalue weighted by Gasteiger charge is -2.31. The van der Waals surface area contributed by atoms with Gasteiger partial charge < -0.3 is 5.11 Å². The Balaban J connectivity index is 2.88. The second-order valence-electron chi connectivity index (χ2n) is 3.36. The van der Waals surface area contributed by atoms with Crippen LogP contribution in [0, 0.1) is 0 Å². The Morgan fingerprint density at radius 1 is 1.50 bits per heavy atom. The molecule has 1 N–H and O–H groups in total. The minimum absolute atomic E-state index is 0.0310. The Morgan fingerprint density at radius 3 is 2.64 bits per heavy atom. The summed E-state index contributed by atoms with van der Waals surface area (Å²) < 4.78 is 24.2. The molecule has 0 aromatic carbocycles. The number of carboxylic acid groups (broad SMARTS) is 1. The van der Waals surface area contributed by atoms with Gasteiger partial charge in [-0.05, 0) is 26.2 Å². The summed E-state index contributed by atoms with van der Waals surface area (Å²) in [6.45, 7) is 1.87. The molecular formula is C8H15NO4S. The Morgan fingerprint density at radius 2 is 2.14 bits per heavy atom. The van der Waals surface area contributed by atoms with E-state index in [1.54, 1.807) is 0 Å². The Hall–Kier alpha value is -0.620. The van der Waals surface area contributed by atoms with Gasteiger partial charge in [-0.3, -0.25) is 4.79 Å². The van der Waals surface area contributed by atoms with Crippen LogP contribution in [0.15, 0.2) is 0 Å². The zero-order valence-electron chi connectivity index (χ0n) is 8.14. The molecule has 0 unspecified atom stereocenters. The molecule has 6 heteroatoms. The predicted molar refractivity (Wildman–Crippen MR) is 51.4 cm³/mol. The first kappa shape index (κ1) is 11.5. The van der Waals surface area contributed by atoms with Gasteiger partial charge in [0.2, 0.25) is 10.0 Å². The van der Waals surface area contributed by atoms with Crippen LogP contribution in [0.5, 0.6) is 0 Å². The Labute approximate surface area is 83.8 Å². The van der Waals surface area contributed by atoms with E-state index in [2.05, 4.69) is 0 Å². The fourth-order valence-corrected chi connectivity index (χ4v) is 2.97. The number of aliphatic carboxylic acids is 1. The van der Waals surface area contributed by atoms with E-state index in [1.807, 2.05) is 0 Å². The van der Waals surface area contributed by atoms with E-state index in [4.69, 9.17) is 5.11 Å². The van der Waals surface area contributed by atoms with Crippen molar-refractivity contribution in [3.63, 3.8) is 0 Å². The highest BCUT2D eigenvalue weighted by atomic mass is 32.2. The first-order valence-corrected chi connectivity index (χ1v) is 6.32. The summed E-state index contributed by atoms with van der Waals surface area (Å²) in [4.78, 5) is 10.8. The zero-order chi connectivity index (χ0) is 10.8. The van der Waals surface area contributed by atoms with Gasteiger partial charge in [-0.2, -0.15) is 4.31 Å². The van der Waals surface area contributed by atoms with Crippen molar-refractivity contribution in [1.82, 2.24) is 4.31 Å². The van der Waals surface area contributed by atoms with Crippen LogP contribution in [-0.4, -0.2) is 42.1 Å². The molecule has 0 aromatic rings. The van der Waals surface area contributed by atoms with Crippen LogP contribution < -0.4 is 0 Å². The molecule has 1 saturated heterocycles. The van der Waals surface area contributed by atoms with Gasteiger partial charge in [-0.25, -0.2) is 8.42 Å². The summed E-state index contributed by atoms with van der Waals surface area (Å²) in [5.74, 6) is -1.07. The Kier molecular flexibility index (Phi) is 3.49. The molecule has 1 atom stereocenters. The number of sulfonamides is 1. The van der Waals surface area contributed by atoms with Gasteiger partial charge in [0, 0.05) is 6.54 Å². The second-order valence-corrected chi connectivity index (χ2v) is 5.57. The highest BCUT2D eigenvalue weighted by Gasteiger charge is 2.35. The van der Waals surface area contributed by atoms with Crippen LogP contribution in [-0.2, 0) is 14.8 Å². The number of carbonyl (C=O) groups is 1. The third kappa shape index (κ3) is 2.24. The van der Waals surface area contributed by atoms with Gasteiger partial charge in [0.25, 0.3) is 0 Å². The molecule has 0 bridgehead atoms. The fraction of sp³-hybridized carbons (Fsp3) is 0.875. The van der Waals surface area contributed by atoms with Gasteiger partial charge in [0.1, 0.15) is 6.04 Å². The number of carboxylic acids is 1. The highest BCUT2D eigenvalue weighted by molar-refractivity contribution is 7.89. The summed E-state index contributed by atoms with van der Waals surface area (Å²) in [5, 5.41) is 8.86. The molecule has 0 amide bonds.